The van der Waals surface area contributed by atoms with Gasteiger partial charge in [0.05, 0.1) is 12.8 Å². The molecule has 2 aromatic heterocycles. The van der Waals surface area contributed by atoms with E-state index >= 15 is 0 Å². The van der Waals surface area contributed by atoms with Gasteiger partial charge in [-0.2, -0.15) is 9.78 Å². The molecule has 208 valence electrons. The lowest BCUT2D eigenvalue weighted by atomic mass is 10.2. The standard InChI is InChI=1S/C26H28ClN9O4/c1-2-38-22-13-18(7-10-21(22)39-16-17-5-8-19(27)9-6-17)14-29-31-26(37)23-20(15-35-11-3-4-12-35)30-34-36(23)25-24(28)32-40-33-25/h5-10,13-14H,2-4,11-12,15-16H2,1H3,(H2,28,32)(H,31,37)/b29-14+. The van der Waals surface area contributed by atoms with Crippen molar-refractivity contribution in [1.29, 1.82) is 0 Å². The van der Waals surface area contributed by atoms with Crippen LogP contribution in [-0.2, 0) is 13.2 Å². The molecule has 1 saturated heterocycles. The summed E-state index contributed by atoms with van der Waals surface area (Å²) in [5.41, 5.74) is 10.7. The van der Waals surface area contributed by atoms with Crippen molar-refractivity contribution in [3.63, 3.8) is 0 Å². The van der Waals surface area contributed by atoms with Gasteiger partial charge in [0, 0.05) is 11.6 Å². The van der Waals surface area contributed by atoms with E-state index in [1.54, 1.807) is 12.1 Å². The predicted octanol–water partition coefficient (Wildman–Crippen LogP) is 3.22. The number of halogens is 1. The average Bonchev–Trinajstić information content (AvgIpc) is 3.71. The van der Waals surface area contributed by atoms with Crippen LogP contribution >= 0.6 is 11.6 Å². The maximum absolute atomic E-state index is 13.3. The summed E-state index contributed by atoms with van der Waals surface area (Å²) in [6.07, 6.45) is 3.69. The Kier molecular flexibility index (Phi) is 8.52. The van der Waals surface area contributed by atoms with E-state index < -0.39 is 5.91 Å². The van der Waals surface area contributed by atoms with Crippen LogP contribution in [0.25, 0.3) is 5.82 Å². The summed E-state index contributed by atoms with van der Waals surface area (Å²) in [6, 6.07) is 12.8. The van der Waals surface area contributed by atoms with Gasteiger partial charge < -0.3 is 15.2 Å². The summed E-state index contributed by atoms with van der Waals surface area (Å²) in [6.45, 7) is 4.98. The van der Waals surface area contributed by atoms with Crippen LogP contribution in [0.5, 0.6) is 11.5 Å². The third-order valence-corrected chi connectivity index (χ3v) is 6.43. The van der Waals surface area contributed by atoms with Crippen LogP contribution < -0.4 is 20.6 Å². The van der Waals surface area contributed by atoms with Gasteiger partial charge in [0.25, 0.3) is 5.91 Å². The zero-order valence-corrected chi connectivity index (χ0v) is 22.5. The molecule has 1 fully saturated rings. The zero-order chi connectivity index (χ0) is 27.9. The van der Waals surface area contributed by atoms with Gasteiger partial charge in [-0.1, -0.05) is 28.9 Å². The van der Waals surface area contributed by atoms with Crippen LogP contribution in [0.4, 0.5) is 5.82 Å². The zero-order valence-electron chi connectivity index (χ0n) is 21.8. The number of carbonyl (C=O) groups is 1. The van der Waals surface area contributed by atoms with Crippen LogP contribution in [0, 0.1) is 0 Å². The van der Waals surface area contributed by atoms with Gasteiger partial charge in [-0.25, -0.2) is 10.1 Å². The van der Waals surface area contributed by atoms with E-state index in [0.29, 0.717) is 47.5 Å². The number of hydrogen-bond acceptors (Lipinski definition) is 11. The van der Waals surface area contributed by atoms with E-state index in [4.69, 9.17) is 31.4 Å². The van der Waals surface area contributed by atoms with Crippen LogP contribution in [0.2, 0.25) is 5.02 Å². The van der Waals surface area contributed by atoms with Crippen LogP contribution in [0.15, 0.2) is 52.2 Å². The molecular weight excluding hydrogens is 538 g/mol. The monoisotopic (exact) mass is 565 g/mol. The van der Waals surface area contributed by atoms with Crippen molar-refractivity contribution in [2.45, 2.75) is 32.9 Å². The van der Waals surface area contributed by atoms with E-state index in [2.05, 4.69) is 36.1 Å². The second-order valence-electron chi connectivity index (χ2n) is 9.01. The minimum Gasteiger partial charge on any atom is -0.490 e. The maximum Gasteiger partial charge on any atom is 0.292 e. The molecule has 0 spiro atoms. The Morgan fingerprint density at radius 2 is 1.95 bits per heavy atom. The number of nitrogen functional groups attached to an aromatic ring is 1. The number of likely N-dealkylation sites (tertiary alicyclic amines) is 1. The van der Waals surface area contributed by atoms with Gasteiger partial charge in [-0.05, 0) is 84.6 Å². The van der Waals surface area contributed by atoms with Crippen molar-refractivity contribution in [2.75, 3.05) is 25.4 Å². The second-order valence-corrected chi connectivity index (χ2v) is 9.44. The molecule has 5 rings (SSSR count). The van der Waals surface area contributed by atoms with Crippen molar-refractivity contribution in [3.05, 3.63) is 70.0 Å². The summed E-state index contributed by atoms with van der Waals surface area (Å²) in [7, 11) is 0. The third-order valence-electron chi connectivity index (χ3n) is 6.18. The highest BCUT2D eigenvalue weighted by Crippen LogP contribution is 2.29. The molecule has 0 saturated carbocycles. The number of anilines is 1. The SMILES string of the molecule is CCOc1cc(/C=N/NC(=O)c2c(CN3CCCC3)nnn2-c2nonc2N)ccc1OCc1ccc(Cl)cc1. The fourth-order valence-electron chi connectivity index (χ4n) is 4.24. The Balaban J connectivity index is 1.30. The summed E-state index contributed by atoms with van der Waals surface area (Å²) in [4.78, 5) is 15.5. The van der Waals surface area contributed by atoms with Crippen molar-refractivity contribution in [1.82, 2.24) is 35.6 Å². The molecule has 40 heavy (non-hydrogen) atoms. The first-order valence-electron chi connectivity index (χ1n) is 12.7. The molecule has 1 aliphatic heterocycles. The number of nitrogens with zero attached hydrogens (tertiary/aromatic N) is 7. The van der Waals surface area contributed by atoms with E-state index in [1.165, 1.54) is 10.9 Å². The second kappa shape index (κ2) is 12.6. The Bertz CT molecular complexity index is 1480. The smallest absolute Gasteiger partial charge is 0.292 e. The lowest BCUT2D eigenvalue weighted by molar-refractivity contribution is 0.0945. The quantitative estimate of drug-likeness (QED) is 0.204. The summed E-state index contributed by atoms with van der Waals surface area (Å²) < 4.78 is 17.6. The number of carbonyl (C=O) groups excluding carboxylic acids is 1. The lowest BCUT2D eigenvalue weighted by Crippen LogP contribution is -2.26. The predicted molar refractivity (Wildman–Crippen MR) is 147 cm³/mol. The molecule has 1 aliphatic rings. The first-order valence-corrected chi connectivity index (χ1v) is 13.1. The first-order chi connectivity index (χ1) is 19.5. The van der Waals surface area contributed by atoms with E-state index in [1.807, 2.05) is 37.3 Å². The molecule has 2 aromatic carbocycles. The molecule has 0 atom stereocenters. The molecule has 0 unspecified atom stereocenters. The Hall–Kier alpha value is -4.49. The number of nitrogens with one attached hydrogen (secondary N) is 1. The number of hydrogen-bond donors (Lipinski definition) is 2. The van der Waals surface area contributed by atoms with Gasteiger partial charge in [0.2, 0.25) is 11.6 Å². The highest BCUT2D eigenvalue weighted by molar-refractivity contribution is 6.30. The summed E-state index contributed by atoms with van der Waals surface area (Å²) >= 11 is 5.96. The number of hydrazone groups is 1. The summed E-state index contributed by atoms with van der Waals surface area (Å²) in [5, 5.41) is 20.4. The molecule has 14 heteroatoms. The van der Waals surface area contributed by atoms with Gasteiger partial charge in [-0.3, -0.25) is 9.69 Å². The molecule has 0 radical (unpaired) electrons. The molecule has 1 amide bonds. The van der Waals surface area contributed by atoms with E-state index in [9.17, 15) is 4.79 Å². The van der Waals surface area contributed by atoms with Crippen molar-refractivity contribution >= 4 is 29.5 Å². The molecule has 3 heterocycles. The number of rotatable bonds is 11. The van der Waals surface area contributed by atoms with Gasteiger partial charge in [0.1, 0.15) is 12.3 Å². The fraction of sp³-hybridized carbons (Fsp3) is 0.308. The number of aromatic nitrogens is 5. The molecular formula is C26H28ClN9O4. The molecule has 13 nitrogen and oxygen atoms in total. The third kappa shape index (κ3) is 6.38. The fourth-order valence-corrected chi connectivity index (χ4v) is 4.36. The lowest BCUT2D eigenvalue weighted by Gasteiger charge is -2.13. The number of benzene rings is 2. The minimum atomic E-state index is -0.536. The Morgan fingerprint density at radius 3 is 2.67 bits per heavy atom. The van der Waals surface area contributed by atoms with Gasteiger partial charge >= 0.3 is 0 Å². The molecule has 0 aliphatic carbocycles. The normalized spacial score (nSPS) is 13.7. The Labute approximate surface area is 234 Å². The minimum absolute atomic E-state index is 0.0167. The first kappa shape index (κ1) is 27.1. The van der Waals surface area contributed by atoms with Crippen molar-refractivity contribution in [2.24, 2.45) is 5.10 Å². The largest absolute Gasteiger partial charge is 0.490 e. The topological polar surface area (TPSA) is 159 Å². The van der Waals surface area contributed by atoms with E-state index in [-0.39, 0.29) is 17.3 Å². The highest BCUT2D eigenvalue weighted by atomic mass is 35.5. The summed E-state index contributed by atoms with van der Waals surface area (Å²) in [5.74, 6) is 0.655. The molecule has 0 bridgehead atoms. The number of amides is 1. The number of ether oxygens (including phenoxy) is 2. The van der Waals surface area contributed by atoms with Crippen molar-refractivity contribution in [3.8, 4) is 17.3 Å². The van der Waals surface area contributed by atoms with Crippen LogP contribution in [0.3, 0.4) is 0 Å². The van der Waals surface area contributed by atoms with Gasteiger partial charge in [-0.15, -0.1) is 5.10 Å². The Morgan fingerprint density at radius 1 is 1.15 bits per heavy atom. The van der Waals surface area contributed by atoms with Crippen molar-refractivity contribution < 1.29 is 18.9 Å². The maximum atomic E-state index is 13.3. The number of nitrogens with two attached hydrogens (primary N) is 1. The molecule has 4 aromatic rings. The van der Waals surface area contributed by atoms with E-state index in [0.717, 1.165) is 31.5 Å². The average molecular weight is 566 g/mol. The van der Waals surface area contributed by atoms with Crippen LogP contribution in [-0.4, -0.2) is 62.0 Å². The van der Waals surface area contributed by atoms with Crippen LogP contribution in [0.1, 0.15) is 47.1 Å². The highest BCUT2D eigenvalue weighted by Gasteiger charge is 2.27. The molecule has 3 N–H and O–H groups in total. The van der Waals surface area contributed by atoms with Gasteiger partial charge in [0.15, 0.2) is 17.2 Å².